The zero-order valence-electron chi connectivity index (χ0n) is 34.0. The highest BCUT2D eigenvalue weighted by atomic mass is 16.8. The Bertz CT molecular complexity index is 1620. The summed E-state index contributed by atoms with van der Waals surface area (Å²) < 4.78 is 23.6. The molecule has 57 heavy (non-hydrogen) atoms. The summed E-state index contributed by atoms with van der Waals surface area (Å²) in [5.74, 6) is -2.34. The van der Waals surface area contributed by atoms with Gasteiger partial charge in [-0.05, 0) is 104 Å². The highest BCUT2D eigenvalue weighted by Gasteiger charge is 2.70. The number of rotatable bonds is 8. The summed E-state index contributed by atoms with van der Waals surface area (Å²) in [7, 11) is 0. The predicted octanol–water partition coefficient (Wildman–Crippen LogP) is 2.15. The molecule has 15 heteroatoms. The van der Waals surface area contributed by atoms with Crippen LogP contribution in [0.2, 0.25) is 0 Å². The first kappa shape index (κ1) is 43.1. The summed E-state index contributed by atoms with van der Waals surface area (Å²) >= 11 is 0. The molecule has 4 saturated carbocycles. The van der Waals surface area contributed by atoms with Gasteiger partial charge in [-0.2, -0.15) is 0 Å². The molecule has 0 amide bonds. The van der Waals surface area contributed by atoms with Gasteiger partial charge in [-0.15, -0.1) is 0 Å². The number of allylic oxidation sites excluding steroid dienone is 2. The number of carbonyl (C=O) groups excluding carboxylic acids is 1. The highest BCUT2D eigenvalue weighted by molar-refractivity contribution is 5.76. The van der Waals surface area contributed by atoms with E-state index in [1.165, 1.54) is 5.57 Å². The predicted molar refractivity (Wildman–Crippen MR) is 199 cm³/mol. The van der Waals surface area contributed by atoms with E-state index in [2.05, 4.69) is 40.7 Å². The lowest BCUT2D eigenvalue weighted by Gasteiger charge is -2.71. The van der Waals surface area contributed by atoms with E-state index in [4.69, 9.17) is 18.9 Å². The van der Waals surface area contributed by atoms with Gasteiger partial charge in [0.2, 0.25) is 0 Å². The molecule has 5 aliphatic carbocycles. The van der Waals surface area contributed by atoms with Crippen LogP contribution in [0.15, 0.2) is 11.6 Å². The summed E-state index contributed by atoms with van der Waals surface area (Å²) in [6, 6.07) is 0. The van der Waals surface area contributed by atoms with Gasteiger partial charge in [0.25, 0.3) is 0 Å². The number of fused-ring (bicyclic) bond motifs is 7. The number of carboxylic acids is 2. The van der Waals surface area contributed by atoms with Crippen molar-refractivity contribution in [3.05, 3.63) is 11.6 Å². The smallest absolute Gasteiger partial charge is 0.335 e. The molecule has 8 N–H and O–H groups in total. The van der Waals surface area contributed by atoms with Crippen LogP contribution in [-0.2, 0) is 33.3 Å². The number of aldehydes is 1. The minimum absolute atomic E-state index is 0.0355. The fourth-order valence-electron chi connectivity index (χ4n) is 13.5. The van der Waals surface area contributed by atoms with Crippen LogP contribution in [0.4, 0.5) is 0 Å². The number of carboxylic acid groups (broad SMARTS) is 2. The standard InChI is InChI=1S/C42H64O15/c1-37(2)13-15-42(36(52)53)16-14-40(5)20(21(42)17-37)7-8-24-38(3)11-10-25(39(4,19-44)23(38)9-12-41(24,40)6)55-35-32(29(48)28(47)31(56-35)33(50)51)57-34-30(49)27(46)26(45)22(18-43)54-34/h7,19,21-32,34-35,43,45-49H,8-18H2,1-6H3,(H,50,51)(H,52,53)/t21-,22+,23+,24+,25-,26-,27-,28-,29-,30+,31-,32+,34-,35+,38-,39-,40+,41+,42-/m0/s1. The van der Waals surface area contributed by atoms with Gasteiger partial charge < -0.3 is 64.6 Å². The van der Waals surface area contributed by atoms with E-state index in [1.807, 2.05) is 6.92 Å². The van der Waals surface area contributed by atoms with Crippen molar-refractivity contribution in [1.82, 2.24) is 0 Å². The van der Waals surface area contributed by atoms with Crippen LogP contribution in [0, 0.1) is 50.2 Å². The van der Waals surface area contributed by atoms with Gasteiger partial charge >= 0.3 is 11.9 Å². The van der Waals surface area contributed by atoms with Gasteiger partial charge in [-0.3, -0.25) is 4.79 Å². The SMILES string of the molecule is CC1(C)CC[C@]2(C(=O)O)CC[C@]3(C)C(=CC[C@@H]4[C@@]5(C)CC[C@H](O[C@@H]6O[C@H](C(=O)O)[C@@H](O)[C@H](O)[C@H]6O[C@@H]6O[C@H](CO)[C@H](O)[C@H](O)[C@H]6O)[C@@](C)(C=O)[C@@H]5CC[C@]43C)[C@@H]2C1. The summed E-state index contributed by atoms with van der Waals surface area (Å²) in [6.07, 6.45) is -8.40. The fraction of sp³-hybridized carbons (Fsp3) is 0.881. The van der Waals surface area contributed by atoms with Crippen molar-refractivity contribution in [3.63, 3.8) is 0 Å². The lowest BCUT2D eigenvalue weighted by atomic mass is 9.33. The molecule has 322 valence electrons. The normalized spacial score (nSPS) is 53.2. The number of hydrogen-bond acceptors (Lipinski definition) is 13. The highest BCUT2D eigenvalue weighted by Crippen LogP contribution is 2.76. The van der Waals surface area contributed by atoms with E-state index < -0.39 is 96.9 Å². The summed E-state index contributed by atoms with van der Waals surface area (Å²) in [5, 5.41) is 83.7. The Hall–Kier alpha value is -2.05. The maximum absolute atomic E-state index is 13.5. The van der Waals surface area contributed by atoms with Crippen molar-refractivity contribution in [2.75, 3.05) is 6.61 Å². The van der Waals surface area contributed by atoms with E-state index >= 15 is 0 Å². The van der Waals surface area contributed by atoms with Gasteiger partial charge in [0.1, 0.15) is 49.0 Å². The number of aliphatic carboxylic acids is 2. The Morgan fingerprint density at radius 1 is 0.789 bits per heavy atom. The van der Waals surface area contributed by atoms with Crippen molar-refractivity contribution in [3.8, 4) is 0 Å². The van der Waals surface area contributed by atoms with Crippen molar-refractivity contribution in [1.29, 1.82) is 0 Å². The molecule has 2 saturated heterocycles. The lowest BCUT2D eigenvalue weighted by Crippen LogP contribution is -2.67. The molecule has 0 unspecified atom stereocenters. The quantitative estimate of drug-likeness (QED) is 0.0995. The summed E-state index contributed by atoms with van der Waals surface area (Å²) in [6.45, 7) is 12.6. The largest absolute Gasteiger partial charge is 0.481 e. The maximum atomic E-state index is 13.5. The van der Waals surface area contributed by atoms with Crippen molar-refractivity contribution >= 4 is 18.2 Å². The van der Waals surface area contributed by atoms with Crippen molar-refractivity contribution in [2.24, 2.45) is 50.2 Å². The molecule has 0 aromatic rings. The first-order chi connectivity index (χ1) is 26.5. The van der Waals surface area contributed by atoms with Crippen LogP contribution in [0.3, 0.4) is 0 Å². The summed E-state index contributed by atoms with van der Waals surface area (Å²) in [4.78, 5) is 38.8. The van der Waals surface area contributed by atoms with Crippen molar-refractivity contribution in [2.45, 2.75) is 173 Å². The molecule has 7 aliphatic rings. The van der Waals surface area contributed by atoms with E-state index in [0.29, 0.717) is 32.1 Å². The Labute approximate surface area is 333 Å². The van der Waals surface area contributed by atoms with E-state index in [0.717, 1.165) is 38.4 Å². The molecular weight excluding hydrogens is 744 g/mol. The molecule has 7 rings (SSSR count). The molecule has 0 bridgehead atoms. The maximum Gasteiger partial charge on any atom is 0.335 e. The number of aliphatic hydroxyl groups is 6. The third-order valence-electron chi connectivity index (χ3n) is 17.2. The van der Waals surface area contributed by atoms with Gasteiger partial charge in [-0.1, -0.05) is 53.2 Å². The van der Waals surface area contributed by atoms with Crippen LogP contribution < -0.4 is 0 Å². The lowest BCUT2D eigenvalue weighted by molar-refractivity contribution is -0.373. The number of aliphatic hydroxyl groups excluding tert-OH is 6. The Kier molecular flexibility index (Phi) is 11.0. The first-order valence-electron chi connectivity index (χ1n) is 20.8. The Morgan fingerprint density at radius 3 is 2.11 bits per heavy atom. The second-order valence-electron chi connectivity index (χ2n) is 20.4. The van der Waals surface area contributed by atoms with Crippen LogP contribution >= 0.6 is 0 Å². The molecule has 2 aliphatic heterocycles. The summed E-state index contributed by atoms with van der Waals surface area (Å²) in [5.41, 5.74) is -1.32. The molecule has 0 aromatic carbocycles. The molecule has 19 atom stereocenters. The van der Waals surface area contributed by atoms with Crippen LogP contribution in [0.5, 0.6) is 0 Å². The molecule has 0 radical (unpaired) electrons. The minimum Gasteiger partial charge on any atom is -0.481 e. The molecule has 2 heterocycles. The third-order valence-corrected chi connectivity index (χ3v) is 17.2. The number of ether oxygens (including phenoxy) is 4. The number of carbonyl (C=O) groups is 3. The van der Waals surface area contributed by atoms with Gasteiger partial charge in [0.15, 0.2) is 18.7 Å². The second-order valence-corrected chi connectivity index (χ2v) is 20.4. The Morgan fingerprint density at radius 2 is 1.47 bits per heavy atom. The molecule has 0 spiro atoms. The Balaban J connectivity index is 1.18. The van der Waals surface area contributed by atoms with Gasteiger partial charge in [-0.25, -0.2) is 4.79 Å². The van der Waals surface area contributed by atoms with Crippen LogP contribution in [0.25, 0.3) is 0 Å². The van der Waals surface area contributed by atoms with Crippen LogP contribution in [-0.4, -0.2) is 133 Å². The van der Waals surface area contributed by atoms with E-state index in [1.54, 1.807) is 0 Å². The average molecular weight is 809 g/mol. The second kappa shape index (κ2) is 14.6. The molecule has 15 nitrogen and oxygen atoms in total. The molecular formula is C42H64O15. The van der Waals surface area contributed by atoms with Crippen molar-refractivity contribution < 1.29 is 74.2 Å². The fourth-order valence-corrected chi connectivity index (χ4v) is 13.5. The van der Waals surface area contributed by atoms with Gasteiger partial charge in [0.05, 0.1) is 23.5 Å². The minimum atomic E-state index is -2.01. The van der Waals surface area contributed by atoms with E-state index in [-0.39, 0.29) is 39.4 Å². The number of hydrogen-bond donors (Lipinski definition) is 8. The van der Waals surface area contributed by atoms with Gasteiger partial charge in [0, 0.05) is 0 Å². The third kappa shape index (κ3) is 6.31. The molecule has 0 aromatic heterocycles. The zero-order valence-corrected chi connectivity index (χ0v) is 34.0. The monoisotopic (exact) mass is 808 g/mol. The average Bonchev–Trinajstić information content (AvgIpc) is 3.15. The van der Waals surface area contributed by atoms with Crippen LogP contribution in [0.1, 0.15) is 106 Å². The topological polar surface area (TPSA) is 250 Å². The molecule has 6 fully saturated rings. The van der Waals surface area contributed by atoms with E-state index in [9.17, 15) is 55.2 Å². The zero-order chi connectivity index (χ0) is 41.8. The first-order valence-corrected chi connectivity index (χ1v) is 20.8.